The summed E-state index contributed by atoms with van der Waals surface area (Å²) in [6.45, 7) is 0.0303. The molecule has 0 aliphatic carbocycles. The summed E-state index contributed by atoms with van der Waals surface area (Å²) in [5.74, 6) is -1.18. The molecule has 4 aromatic rings. The number of rotatable bonds is 6. The number of carbonyl (C=O) groups is 3. The van der Waals surface area contributed by atoms with E-state index in [1.807, 2.05) is 48.5 Å². The molecule has 3 aromatic carbocycles. The number of amides is 2. The summed E-state index contributed by atoms with van der Waals surface area (Å²) in [4.78, 5) is 43.1. The van der Waals surface area contributed by atoms with Crippen molar-refractivity contribution in [1.29, 1.82) is 0 Å². The van der Waals surface area contributed by atoms with Crippen LogP contribution >= 0.6 is 0 Å². The summed E-state index contributed by atoms with van der Waals surface area (Å²) < 4.78 is 10.5. The van der Waals surface area contributed by atoms with Gasteiger partial charge in [0.1, 0.15) is 19.0 Å². The molecule has 9 nitrogen and oxygen atoms in total. The van der Waals surface area contributed by atoms with Crippen LogP contribution in [0.25, 0.3) is 10.9 Å². The van der Waals surface area contributed by atoms with Crippen LogP contribution in [0, 0.1) is 0 Å². The molecule has 4 rings (SSSR count). The van der Waals surface area contributed by atoms with Gasteiger partial charge in [-0.3, -0.25) is 5.32 Å². The molecule has 9 heteroatoms. The molecule has 35 heavy (non-hydrogen) atoms. The molecule has 3 N–H and O–H groups in total. The molecule has 0 spiro atoms. The lowest BCUT2D eigenvalue weighted by atomic mass is 10.1. The molecule has 0 saturated carbocycles. The van der Waals surface area contributed by atoms with Crippen LogP contribution in [0.1, 0.15) is 27.0 Å². The second-order valence-electron chi connectivity index (χ2n) is 7.46. The number of carboxylic acids is 1. The molecule has 2 amide bonds. The number of aliphatic imine (C=N–C) groups is 1. The minimum atomic E-state index is -1.08. The monoisotopic (exact) mass is 471 g/mol. The molecule has 0 bridgehead atoms. The van der Waals surface area contributed by atoms with Crippen molar-refractivity contribution in [2.24, 2.45) is 4.99 Å². The van der Waals surface area contributed by atoms with Gasteiger partial charge in [0.2, 0.25) is 0 Å². The highest BCUT2D eigenvalue weighted by molar-refractivity contribution is 6.12. The number of hydrogen-bond donors (Lipinski definition) is 3. The average molecular weight is 471 g/mol. The average Bonchev–Trinajstić information content (AvgIpc) is 3.31. The van der Waals surface area contributed by atoms with E-state index in [0.717, 1.165) is 11.1 Å². The van der Waals surface area contributed by atoms with E-state index in [-0.39, 0.29) is 24.6 Å². The van der Waals surface area contributed by atoms with Gasteiger partial charge in [-0.25, -0.2) is 14.4 Å². The zero-order valence-electron chi connectivity index (χ0n) is 18.4. The van der Waals surface area contributed by atoms with Crippen molar-refractivity contribution in [3.63, 3.8) is 0 Å². The van der Waals surface area contributed by atoms with Crippen molar-refractivity contribution in [2.45, 2.75) is 13.2 Å². The topological polar surface area (TPSA) is 130 Å². The fourth-order valence-corrected chi connectivity index (χ4v) is 3.31. The number of carboxylic acid groups (broad SMARTS) is 1. The fourth-order valence-electron chi connectivity index (χ4n) is 3.31. The molecule has 0 saturated heterocycles. The van der Waals surface area contributed by atoms with Crippen LogP contribution in [0.5, 0.6) is 0 Å². The number of fused-ring (bicyclic) bond motifs is 1. The third-order valence-electron chi connectivity index (χ3n) is 5.03. The number of carbonyl (C=O) groups excluding carboxylic acids is 2. The lowest BCUT2D eigenvalue weighted by molar-refractivity contribution is 0.0699. The predicted octanol–water partition coefficient (Wildman–Crippen LogP) is 4.88. The largest absolute Gasteiger partial charge is 0.478 e. The summed E-state index contributed by atoms with van der Waals surface area (Å²) in [6, 6.07) is 22.9. The zero-order valence-corrected chi connectivity index (χ0v) is 18.4. The summed E-state index contributed by atoms with van der Waals surface area (Å²) in [7, 11) is 0. The summed E-state index contributed by atoms with van der Waals surface area (Å²) in [6.07, 6.45) is -0.366. The Labute approximate surface area is 200 Å². The quantitative estimate of drug-likeness (QED) is 0.272. The number of ether oxygens (including phenoxy) is 2. The van der Waals surface area contributed by atoms with Gasteiger partial charge < -0.3 is 19.6 Å². The van der Waals surface area contributed by atoms with Gasteiger partial charge in [0.05, 0.1) is 5.56 Å². The number of alkyl carbamates (subject to hydrolysis) is 1. The molecule has 0 unspecified atom stereocenters. The molecule has 0 radical (unpaired) electrons. The number of H-pyrrole nitrogens is 1. The van der Waals surface area contributed by atoms with E-state index in [1.165, 1.54) is 6.20 Å². The maximum Gasteiger partial charge on any atom is 0.435 e. The first-order valence-electron chi connectivity index (χ1n) is 10.6. The van der Waals surface area contributed by atoms with Gasteiger partial charge in [0.25, 0.3) is 0 Å². The van der Waals surface area contributed by atoms with Crippen LogP contribution in [0.4, 0.5) is 9.59 Å². The lowest BCUT2D eigenvalue weighted by Crippen LogP contribution is -2.32. The number of aromatic carboxylic acids is 1. The highest BCUT2D eigenvalue weighted by atomic mass is 16.6. The summed E-state index contributed by atoms with van der Waals surface area (Å²) in [5, 5.41) is 12.3. The third kappa shape index (κ3) is 6.11. The van der Waals surface area contributed by atoms with Crippen molar-refractivity contribution in [2.75, 3.05) is 0 Å². The number of amidine groups is 1. The fraction of sp³-hybridized carbons (Fsp3) is 0.0769. The van der Waals surface area contributed by atoms with E-state index in [2.05, 4.69) is 15.3 Å². The standard InChI is InChI=1S/C26H21N3O6/c30-24(31)21-14-27-22-13-19(11-12-20(21)22)23(28-25(32)34-15-17-7-3-1-4-8-17)29-26(33)35-16-18-9-5-2-6-10-18/h1-14,27H,15-16H2,(H,30,31)(H,28,29,32,33). The van der Waals surface area contributed by atoms with Gasteiger partial charge in [-0.2, -0.15) is 4.99 Å². The first-order valence-corrected chi connectivity index (χ1v) is 10.6. The summed E-state index contributed by atoms with van der Waals surface area (Å²) >= 11 is 0. The smallest absolute Gasteiger partial charge is 0.435 e. The van der Waals surface area contributed by atoms with E-state index in [9.17, 15) is 19.5 Å². The molecule has 0 fully saturated rings. The minimum absolute atomic E-state index is 0.00649. The van der Waals surface area contributed by atoms with Crippen molar-refractivity contribution in [1.82, 2.24) is 10.3 Å². The Balaban J connectivity index is 1.55. The van der Waals surface area contributed by atoms with E-state index in [0.29, 0.717) is 16.5 Å². The highest BCUT2D eigenvalue weighted by Crippen LogP contribution is 2.20. The minimum Gasteiger partial charge on any atom is -0.478 e. The maximum absolute atomic E-state index is 12.5. The molecule has 0 aliphatic rings. The van der Waals surface area contributed by atoms with E-state index < -0.39 is 18.2 Å². The van der Waals surface area contributed by atoms with Crippen LogP contribution in [0.2, 0.25) is 0 Å². The van der Waals surface area contributed by atoms with Crippen LogP contribution in [0.15, 0.2) is 90.1 Å². The van der Waals surface area contributed by atoms with Gasteiger partial charge in [0.15, 0.2) is 0 Å². The van der Waals surface area contributed by atoms with Gasteiger partial charge in [-0.15, -0.1) is 0 Å². The van der Waals surface area contributed by atoms with Gasteiger partial charge in [0, 0.05) is 22.7 Å². The Morgan fingerprint density at radius 1 is 0.857 bits per heavy atom. The van der Waals surface area contributed by atoms with E-state index in [1.54, 1.807) is 30.3 Å². The second-order valence-corrected chi connectivity index (χ2v) is 7.46. The van der Waals surface area contributed by atoms with Gasteiger partial charge in [-0.05, 0) is 17.2 Å². The molecule has 1 aromatic heterocycles. The van der Waals surface area contributed by atoms with Crippen LogP contribution in [-0.2, 0) is 22.7 Å². The first kappa shape index (κ1) is 23.2. The maximum atomic E-state index is 12.5. The molecular formula is C26H21N3O6. The van der Waals surface area contributed by atoms with Gasteiger partial charge in [-0.1, -0.05) is 72.8 Å². The number of aromatic amines is 1. The number of nitrogens with one attached hydrogen (secondary N) is 2. The Bertz CT molecular complexity index is 1380. The highest BCUT2D eigenvalue weighted by Gasteiger charge is 2.16. The third-order valence-corrected chi connectivity index (χ3v) is 5.03. The number of aromatic nitrogens is 1. The SMILES string of the molecule is O=C(/N=C(\NC(=O)OCc1ccccc1)c1ccc2c(C(=O)O)c[nH]c2c1)OCc1ccccc1. The van der Waals surface area contributed by atoms with Crippen LogP contribution < -0.4 is 5.32 Å². The van der Waals surface area contributed by atoms with Crippen molar-refractivity contribution in [3.8, 4) is 0 Å². The molecule has 176 valence electrons. The Morgan fingerprint density at radius 2 is 1.49 bits per heavy atom. The lowest BCUT2D eigenvalue weighted by Gasteiger charge is -2.10. The summed E-state index contributed by atoms with van der Waals surface area (Å²) in [5.41, 5.74) is 2.51. The Morgan fingerprint density at radius 3 is 2.11 bits per heavy atom. The number of hydrogen-bond acceptors (Lipinski definition) is 5. The number of nitrogens with zero attached hydrogens (tertiary/aromatic N) is 1. The molecular weight excluding hydrogens is 450 g/mol. The van der Waals surface area contributed by atoms with Crippen LogP contribution in [-0.4, -0.2) is 34.1 Å². The van der Waals surface area contributed by atoms with Crippen molar-refractivity contribution in [3.05, 3.63) is 107 Å². The number of benzene rings is 3. The molecule has 0 atom stereocenters. The normalized spacial score (nSPS) is 11.1. The van der Waals surface area contributed by atoms with Gasteiger partial charge >= 0.3 is 18.2 Å². The Hall–Kier alpha value is -4.92. The molecule has 1 heterocycles. The predicted molar refractivity (Wildman–Crippen MR) is 128 cm³/mol. The second kappa shape index (κ2) is 10.8. The van der Waals surface area contributed by atoms with E-state index >= 15 is 0 Å². The zero-order chi connectivity index (χ0) is 24.6. The van der Waals surface area contributed by atoms with E-state index in [4.69, 9.17) is 9.47 Å². The Kier molecular flexibility index (Phi) is 7.17. The van der Waals surface area contributed by atoms with Crippen molar-refractivity contribution >= 4 is 34.9 Å². The van der Waals surface area contributed by atoms with Crippen LogP contribution in [0.3, 0.4) is 0 Å². The molecule has 0 aliphatic heterocycles. The first-order chi connectivity index (χ1) is 17.0. The van der Waals surface area contributed by atoms with Crippen molar-refractivity contribution < 1.29 is 29.0 Å².